The highest BCUT2D eigenvalue weighted by molar-refractivity contribution is 6.91. The lowest BCUT2D eigenvalue weighted by Gasteiger charge is -2.39. The van der Waals surface area contributed by atoms with Crippen LogP contribution in [0.5, 0.6) is 5.75 Å². The van der Waals surface area contributed by atoms with Gasteiger partial charge in [-0.2, -0.15) is 0 Å². The number of benzene rings is 4. The first-order valence-corrected chi connectivity index (χ1v) is 24.2. The quantitative estimate of drug-likeness (QED) is 0.102. The normalized spacial score (nSPS) is 24.2. The molecule has 4 aliphatic rings. The van der Waals surface area contributed by atoms with Crippen molar-refractivity contribution in [1.29, 1.82) is 0 Å². The maximum atomic E-state index is 15.4. The van der Waals surface area contributed by atoms with Gasteiger partial charge in [0, 0.05) is 48.8 Å². The van der Waals surface area contributed by atoms with Crippen molar-refractivity contribution in [2.75, 3.05) is 30.1 Å². The summed E-state index contributed by atoms with van der Waals surface area (Å²) in [6.07, 6.45) is 4.27. The van der Waals surface area contributed by atoms with E-state index in [1.165, 1.54) is 12.1 Å². The molecule has 5 atom stereocenters. The molecule has 13 heteroatoms. The first-order chi connectivity index (χ1) is 28.9. The average molecular weight is 831 g/mol. The molecule has 60 heavy (non-hydrogen) atoms. The number of hydrogen-bond donors (Lipinski definition) is 1. The van der Waals surface area contributed by atoms with Crippen molar-refractivity contribution < 1.29 is 33.9 Å². The molecule has 3 amide bonds. The second kappa shape index (κ2) is 16.6. The van der Waals surface area contributed by atoms with Crippen LogP contribution in [0.15, 0.2) is 91.0 Å². The Bertz CT molecular complexity index is 2280. The van der Waals surface area contributed by atoms with E-state index in [1.807, 2.05) is 72.5 Å². The first-order valence-electron chi connectivity index (χ1n) is 21.2. The van der Waals surface area contributed by atoms with Crippen molar-refractivity contribution in [2.45, 2.75) is 101 Å². The maximum absolute atomic E-state index is 15.4. The molecule has 12 nitrogen and oxygen atoms in total. The molecule has 0 aliphatic carbocycles. The molecular formula is C47H54N4O8Si. The molecule has 0 radical (unpaired) electrons. The predicted octanol–water partition coefficient (Wildman–Crippen LogP) is 7.00. The van der Waals surface area contributed by atoms with Crippen LogP contribution >= 0.6 is 0 Å². The molecule has 4 aromatic rings. The van der Waals surface area contributed by atoms with E-state index in [0.29, 0.717) is 42.9 Å². The summed E-state index contributed by atoms with van der Waals surface area (Å²) in [4.78, 5) is 60.2. The Hall–Kier alpha value is -5.37. The second-order valence-corrected chi connectivity index (χ2v) is 22.1. The highest BCUT2D eigenvalue weighted by Gasteiger charge is 2.67. The third-order valence-electron chi connectivity index (χ3n) is 13.7. The molecule has 1 spiro atoms. The van der Waals surface area contributed by atoms with Crippen molar-refractivity contribution in [3.8, 4) is 5.75 Å². The number of aliphatic hydroxyl groups excluding tert-OH is 1. The van der Waals surface area contributed by atoms with E-state index < -0.39 is 36.7 Å². The lowest BCUT2D eigenvalue weighted by atomic mass is 9.82. The van der Waals surface area contributed by atoms with Gasteiger partial charge in [0.25, 0.3) is 11.6 Å². The number of nitro benzene ring substituents is 1. The number of aliphatic hydroxyl groups is 1. The van der Waals surface area contributed by atoms with Gasteiger partial charge in [-0.1, -0.05) is 86.6 Å². The van der Waals surface area contributed by atoms with E-state index in [2.05, 4.69) is 25.2 Å². The largest absolute Gasteiger partial charge is 0.497 e. The number of carbonyl (C=O) groups is 3. The number of nitro groups is 1. The van der Waals surface area contributed by atoms with Crippen LogP contribution in [0.2, 0.25) is 18.6 Å². The lowest BCUT2D eigenvalue weighted by molar-refractivity contribution is -0.385. The minimum absolute atomic E-state index is 0.0315. The van der Waals surface area contributed by atoms with Crippen LogP contribution in [0.1, 0.15) is 67.7 Å². The first kappa shape index (κ1) is 41.4. The standard InChI is InChI=1S/C47H54N4O8Si/c1-31-45(60(3,4)39-21-19-38(58-2)20-22-39)42(27-44(54)49-29-34-12-9-8-11-33(34)25-37(49)30-52)59-47(31)40-26-36(51(56)57)18-23-41(40)50(46(47)55)28-32-14-16-35(17-15-32)48-24-10-6-5-7-13-43(48)53/h8-9,11-12,14-23,26,31,37,42,45,52H,5-7,10,13,24-25,27-30H2,1-4H3/t31-,37+,42+,45-,47+/m1/s1. The van der Waals surface area contributed by atoms with E-state index in [1.54, 1.807) is 23.0 Å². The van der Waals surface area contributed by atoms with Crippen LogP contribution in [0, 0.1) is 16.0 Å². The van der Waals surface area contributed by atoms with Gasteiger partial charge in [-0.05, 0) is 71.8 Å². The van der Waals surface area contributed by atoms with Gasteiger partial charge in [0.05, 0.1) is 57.5 Å². The Morgan fingerprint density at radius 2 is 1.68 bits per heavy atom. The number of nitrogens with zero attached hydrogens (tertiary/aromatic N) is 4. The Morgan fingerprint density at radius 1 is 0.967 bits per heavy atom. The zero-order chi connectivity index (χ0) is 42.3. The zero-order valence-corrected chi connectivity index (χ0v) is 35.8. The molecule has 4 aliphatic heterocycles. The summed E-state index contributed by atoms with van der Waals surface area (Å²) in [7, 11) is -1.04. The van der Waals surface area contributed by atoms with Gasteiger partial charge in [0.2, 0.25) is 11.8 Å². The summed E-state index contributed by atoms with van der Waals surface area (Å²) in [6, 6.07) is 27.8. The minimum atomic E-state index is -2.66. The van der Waals surface area contributed by atoms with Crippen molar-refractivity contribution >= 4 is 48.0 Å². The summed E-state index contributed by atoms with van der Waals surface area (Å²) in [5.41, 5.74) is 2.69. The van der Waals surface area contributed by atoms with Gasteiger partial charge in [-0.3, -0.25) is 24.5 Å². The van der Waals surface area contributed by atoms with E-state index >= 15 is 4.79 Å². The molecular weight excluding hydrogens is 777 g/mol. The number of fused-ring (bicyclic) bond motifs is 3. The third kappa shape index (κ3) is 7.30. The van der Waals surface area contributed by atoms with Crippen LogP contribution in [-0.4, -0.2) is 73.1 Å². The van der Waals surface area contributed by atoms with E-state index in [-0.39, 0.29) is 48.5 Å². The zero-order valence-electron chi connectivity index (χ0n) is 34.8. The SMILES string of the molecule is COc1ccc([Si](C)(C)[C@H]2[C@H](CC(=O)N3Cc4ccccc4C[C@H]3CO)O[C@@]3(C(=O)N(Cc4ccc(N5CCCCCCC5=O)cc4)c4ccc([N+](=O)[O-])cc43)[C@@H]2C)cc1. The Labute approximate surface area is 352 Å². The highest BCUT2D eigenvalue weighted by atomic mass is 28.3. The summed E-state index contributed by atoms with van der Waals surface area (Å²) < 4.78 is 12.7. The summed E-state index contributed by atoms with van der Waals surface area (Å²) in [6.45, 7) is 7.46. The number of ether oxygens (including phenoxy) is 2. The number of amides is 3. The van der Waals surface area contributed by atoms with Crippen LogP contribution in [0.25, 0.3) is 0 Å². The van der Waals surface area contributed by atoms with Gasteiger partial charge in [-0.25, -0.2) is 0 Å². The van der Waals surface area contributed by atoms with Gasteiger partial charge in [-0.15, -0.1) is 0 Å². The van der Waals surface area contributed by atoms with Crippen molar-refractivity contribution in [3.05, 3.63) is 123 Å². The molecule has 4 aromatic carbocycles. The fraction of sp³-hybridized carbons (Fsp3) is 0.426. The average Bonchev–Trinajstić information content (AvgIpc) is 3.67. The van der Waals surface area contributed by atoms with Crippen molar-refractivity contribution in [2.24, 2.45) is 5.92 Å². The van der Waals surface area contributed by atoms with Crippen molar-refractivity contribution in [1.82, 2.24) is 4.90 Å². The topological polar surface area (TPSA) is 143 Å². The fourth-order valence-electron chi connectivity index (χ4n) is 10.5. The molecule has 0 bridgehead atoms. The number of carbonyl (C=O) groups excluding carboxylic acids is 3. The van der Waals surface area contributed by atoms with Gasteiger partial charge < -0.3 is 29.3 Å². The van der Waals surface area contributed by atoms with E-state index in [0.717, 1.165) is 53.2 Å². The Morgan fingerprint density at radius 3 is 2.38 bits per heavy atom. The number of anilines is 2. The number of hydrogen-bond acceptors (Lipinski definition) is 8. The monoisotopic (exact) mass is 830 g/mol. The molecule has 4 heterocycles. The molecule has 8 rings (SSSR count). The smallest absolute Gasteiger partial charge is 0.269 e. The van der Waals surface area contributed by atoms with Gasteiger partial charge >= 0.3 is 0 Å². The Kier molecular flexibility index (Phi) is 11.4. The summed E-state index contributed by atoms with van der Waals surface area (Å²) in [5, 5.41) is 23.9. The number of methoxy groups -OCH3 is 1. The molecule has 2 saturated heterocycles. The van der Waals surface area contributed by atoms with E-state index in [4.69, 9.17) is 9.47 Å². The Balaban J connectivity index is 1.17. The van der Waals surface area contributed by atoms with Gasteiger partial charge in [0.1, 0.15) is 5.75 Å². The molecule has 2 fully saturated rings. The summed E-state index contributed by atoms with van der Waals surface area (Å²) in [5.74, 6) is -0.167. The fourth-order valence-corrected chi connectivity index (χ4v) is 14.5. The molecule has 0 aromatic heterocycles. The molecule has 314 valence electrons. The highest BCUT2D eigenvalue weighted by Crippen LogP contribution is 2.60. The van der Waals surface area contributed by atoms with Crippen LogP contribution < -0.4 is 19.7 Å². The molecule has 1 N–H and O–H groups in total. The maximum Gasteiger partial charge on any atom is 0.269 e. The molecule has 0 unspecified atom stereocenters. The lowest BCUT2D eigenvalue weighted by Crippen LogP contribution is -2.52. The van der Waals surface area contributed by atoms with Crippen LogP contribution in [-0.2, 0) is 44.2 Å². The van der Waals surface area contributed by atoms with Gasteiger partial charge in [0.15, 0.2) is 5.60 Å². The van der Waals surface area contributed by atoms with E-state index in [9.17, 15) is 24.8 Å². The third-order valence-corrected chi connectivity index (χ3v) is 18.1. The minimum Gasteiger partial charge on any atom is -0.497 e. The second-order valence-electron chi connectivity index (χ2n) is 17.4. The van der Waals surface area contributed by atoms with Crippen molar-refractivity contribution in [3.63, 3.8) is 0 Å². The number of non-ortho nitro benzene ring substituents is 1. The molecule has 0 saturated carbocycles. The number of rotatable bonds is 10. The van der Waals surface area contributed by atoms with Crippen LogP contribution in [0.4, 0.5) is 17.1 Å². The predicted molar refractivity (Wildman–Crippen MR) is 232 cm³/mol. The van der Waals surface area contributed by atoms with Crippen LogP contribution in [0.3, 0.4) is 0 Å². The summed E-state index contributed by atoms with van der Waals surface area (Å²) >= 11 is 0.